The van der Waals surface area contributed by atoms with Gasteiger partial charge in [0.05, 0.1) is 0 Å². The number of anilines is 1. The van der Waals surface area contributed by atoms with E-state index >= 15 is 0 Å². The minimum atomic E-state index is 0.216. The lowest BCUT2D eigenvalue weighted by Crippen LogP contribution is -2.31. The molecule has 1 spiro atoms. The highest BCUT2D eigenvalue weighted by molar-refractivity contribution is 5.95. The SMILES string of the molecule is CC(C)c1cccc(NC(=O)C2CC23CCNCC3)c1. The van der Waals surface area contributed by atoms with Crippen LogP contribution in [0.2, 0.25) is 0 Å². The molecule has 1 aliphatic carbocycles. The molecule has 0 bridgehead atoms. The lowest BCUT2D eigenvalue weighted by atomic mass is 9.91. The highest BCUT2D eigenvalue weighted by Gasteiger charge is 2.57. The maximum atomic E-state index is 12.4. The Kier molecular flexibility index (Phi) is 3.55. The second kappa shape index (κ2) is 5.21. The summed E-state index contributed by atoms with van der Waals surface area (Å²) in [7, 11) is 0. The fourth-order valence-corrected chi connectivity index (χ4v) is 3.40. The fourth-order valence-electron chi connectivity index (χ4n) is 3.40. The normalized spacial score (nSPS) is 23.9. The Morgan fingerprint density at radius 3 is 2.80 bits per heavy atom. The van der Waals surface area contributed by atoms with Crippen LogP contribution < -0.4 is 10.6 Å². The standard InChI is InChI=1S/C17H24N2O/c1-12(2)13-4-3-5-14(10-13)19-16(20)15-11-17(15)6-8-18-9-7-17/h3-5,10,12,15,18H,6-9,11H2,1-2H3,(H,19,20). The summed E-state index contributed by atoms with van der Waals surface area (Å²) >= 11 is 0. The van der Waals surface area contributed by atoms with Gasteiger partial charge in [0.15, 0.2) is 0 Å². The number of benzene rings is 1. The molecular formula is C17H24N2O. The molecule has 3 nitrogen and oxygen atoms in total. The van der Waals surface area contributed by atoms with Crippen LogP contribution in [-0.4, -0.2) is 19.0 Å². The van der Waals surface area contributed by atoms with Crippen LogP contribution in [0.3, 0.4) is 0 Å². The topological polar surface area (TPSA) is 41.1 Å². The first-order valence-electron chi connectivity index (χ1n) is 7.72. The van der Waals surface area contributed by atoms with Crippen LogP contribution in [0.25, 0.3) is 0 Å². The largest absolute Gasteiger partial charge is 0.326 e. The Bertz CT molecular complexity index is 503. The first kappa shape index (κ1) is 13.6. The van der Waals surface area contributed by atoms with Gasteiger partial charge in [-0.1, -0.05) is 26.0 Å². The van der Waals surface area contributed by atoms with Gasteiger partial charge in [-0.25, -0.2) is 0 Å². The smallest absolute Gasteiger partial charge is 0.228 e. The van der Waals surface area contributed by atoms with Crippen molar-refractivity contribution in [3.05, 3.63) is 29.8 Å². The third-order valence-corrected chi connectivity index (χ3v) is 4.93. The van der Waals surface area contributed by atoms with E-state index in [1.165, 1.54) is 5.56 Å². The molecule has 1 atom stereocenters. The molecule has 20 heavy (non-hydrogen) atoms. The van der Waals surface area contributed by atoms with Gasteiger partial charge in [0.1, 0.15) is 0 Å². The van der Waals surface area contributed by atoms with E-state index in [1.54, 1.807) is 0 Å². The number of hydrogen-bond acceptors (Lipinski definition) is 2. The molecule has 1 saturated carbocycles. The van der Waals surface area contributed by atoms with Crippen LogP contribution in [0.1, 0.15) is 44.6 Å². The first-order valence-corrected chi connectivity index (χ1v) is 7.72. The van der Waals surface area contributed by atoms with E-state index in [2.05, 4.69) is 36.6 Å². The first-order chi connectivity index (χ1) is 9.61. The zero-order chi connectivity index (χ0) is 14.2. The van der Waals surface area contributed by atoms with Crippen molar-refractivity contribution in [2.75, 3.05) is 18.4 Å². The van der Waals surface area contributed by atoms with E-state index in [0.29, 0.717) is 11.3 Å². The van der Waals surface area contributed by atoms with Crippen LogP contribution in [0.5, 0.6) is 0 Å². The monoisotopic (exact) mass is 272 g/mol. The molecule has 3 heteroatoms. The molecule has 1 heterocycles. The lowest BCUT2D eigenvalue weighted by Gasteiger charge is -2.23. The van der Waals surface area contributed by atoms with E-state index in [4.69, 9.17) is 0 Å². The van der Waals surface area contributed by atoms with Gasteiger partial charge in [0, 0.05) is 11.6 Å². The van der Waals surface area contributed by atoms with Crippen LogP contribution in [0.4, 0.5) is 5.69 Å². The second-order valence-corrected chi connectivity index (χ2v) is 6.64. The highest BCUT2D eigenvalue weighted by atomic mass is 16.2. The van der Waals surface area contributed by atoms with Gasteiger partial charge in [0.2, 0.25) is 5.91 Å². The minimum absolute atomic E-state index is 0.216. The summed E-state index contributed by atoms with van der Waals surface area (Å²) in [5.41, 5.74) is 2.53. The van der Waals surface area contributed by atoms with E-state index in [0.717, 1.165) is 38.0 Å². The predicted molar refractivity (Wildman–Crippen MR) is 81.8 cm³/mol. The van der Waals surface area contributed by atoms with Crippen molar-refractivity contribution in [3.8, 4) is 0 Å². The molecule has 0 aromatic heterocycles. The Balaban J connectivity index is 1.64. The van der Waals surface area contributed by atoms with Crippen molar-refractivity contribution in [2.24, 2.45) is 11.3 Å². The van der Waals surface area contributed by atoms with Crippen LogP contribution in [0, 0.1) is 11.3 Å². The Hall–Kier alpha value is -1.35. The molecule has 108 valence electrons. The van der Waals surface area contributed by atoms with Crippen LogP contribution >= 0.6 is 0 Å². The summed E-state index contributed by atoms with van der Waals surface area (Å²) in [4.78, 5) is 12.4. The number of nitrogens with one attached hydrogen (secondary N) is 2. The molecule has 3 rings (SSSR count). The third-order valence-electron chi connectivity index (χ3n) is 4.93. The molecule has 1 amide bonds. The van der Waals surface area contributed by atoms with Crippen molar-refractivity contribution < 1.29 is 4.79 Å². The predicted octanol–water partition coefficient (Wildman–Crippen LogP) is 3.14. The number of carbonyl (C=O) groups excluding carboxylic acids is 1. The number of carbonyl (C=O) groups is 1. The van der Waals surface area contributed by atoms with E-state index < -0.39 is 0 Å². The second-order valence-electron chi connectivity index (χ2n) is 6.64. The van der Waals surface area contributed by atoms with E-state index in [9.17, 15) is 4.79 Å². The minimum Gasteiger partial charge on any atom is -0.326 e. The molecule has 1 aromatic rings. The Labute approximate surface area is 121 Å². The Morgan fingerprint density at radius 1 is 1.35 bits per heavy atom. The quantitative estimate of drug-likeness (QED) is 0.887. The molecule has 1 saturated heterocycles. The zero-order valence-electron chi connectivity index (χ0n) is 12.4. The fraction of sp³-hybridized carbons (Fsp3) is 0.588. The van der Waals surface area contributed by atoms with Gasteiger partial charge in [-0.15, -0.1) is 0 Å². The third kappa shape index (κ3) is 2.59. The van der Waals surface area contributed by atoms with E-state index in [-0.39, 0.29) is 11.8 Å². The Morgan fingerprint density at radius 2 is 2.10 bits per heavy atom. The number of piperidine rings is 1. The molecular weight excluding hydrogens is 248 g/mol. The summed E-state index contributed by atoms with van der Waals surface area (Å²) in [5, 5.41) is 6.49. The molecule has 0 radical (unpaired) electrons. The molecule has 2 N–H and O–H groups in total. The maximum Gasteiger partial charge on any atom is 0.228 e. The van der Waals surface area contributed by atoms with Crippen LogP contribution in [-0.2, 0) is 4.79 Å². The summed E-state index contributed by atoms with van der Waals surface area (Å²) < 4.78 is 0. The number of hydrogen-bond donors (Lipinski definition) is 2. The van der Waals surface area contributed by atoms with E-state index in [1.807, 2.05) is 12.1 Å². The molecule has 1 aliphatic heterocycles. The summed E-state index contributed by atoms with van der Waals surface area (Å²) in [6.45, 7) is 6.47. The molecule has 2 aliphatic rings. The van der Waals surface area contributed by atoms with Crippen molar-refractivity contribution in [1.82, 2.24) is 5.32 Å². The van der Waals surface area contributed by atoms with Crippen molar-refractivity contribution >= 4 is 11.6 Å². The maximum absolute atomic E-state index is 12.4. The molecule has 2 fully saturated rings. The average molecular weight is 272 g/mol. The average Bonchev–Trinajstić information content (AvgIpc) is 3.13. The zero-order valence-corrected chi connectivity index (χ0v) is 12.4. The van der Waals surface area contributed by atoms with Crippen molar-refractivity contribution in [2.45, 2.75) is 39.0 Å². The molecule has 1 aromatic carbocycles. The van der Waals surface area contributed by atoms with Gasteiger partial charge in [0.25, 0.3) is 0 Å². The van der Waals surface area contributed by atoms with Crippen molar-refractivity contribution in [1.29, 1.82) is 0 Å². The van der Waals surface area contributed by atoms with Gasteiger partial charge in [-0.3, -0.25) is 4.79 Å². The molecule has 1 unspecified atom stereocenters. The summed E-state index contributed by atoms with van der Waals surface area (Å²) in [5.74, 6) is 0.934. The number of rotatable bonds is 3. The van der Waals surface area contributed by atoms with Crippen LogP contribution in [0.15, 0.2) is 24.3 Å². The lowest BCUT2D eigenvalue weighted by molar-refractivity contribution is -0.118. The van der Waals surface area contributed by atoms with Gasteiger partial charge in [-0.05, 0) is 61.4 Å². The highest BCUT2D eigenvalue weighted by Crippen LogP contribution is 2.58. The number of amides is 1. The summed E-state index contributed by atoms with van der Waals surface area (Å²) in [6, 6.07) is 8.23. The van der Waals surface area contributed by atoms with Crippen molar-refractivity contribution in [3.63, 3.8) is 0 Å². The summed E-state index contributed by atoms with van der Waals surface area (Å²) in [6.07, 6.45) is 3.37. The van der Waals surface area contributed by atoms with Gasteiger partial charge >= 0.3 is 0 Å². The van der Waals surface area contributed by atoms with Gasteiger partial charge < -0.3 is 10.6 Å². The van der Waals surface area contributed by atoms with Gasteiger partial charge in [-0.2, -0.15) is 0 Å².